The first kappa shape index (κ1) is 11.8. The van der Waals surface area contributed by atoms with Crippen molar-refractivity contribution in [1.82, 2.24) is 4.98 Å². The third-order valence-corrected chi connectivity index (χ3v) is 3.29. The summed E-state index contributed by atoms with van der Waals surface area (Å²) in [5, 5.41) is 19.6. The van der Waals surface area contributed by atoms with Crippen molar-refractivity contribution in [2.24, 2.45) is 0 Å². The zero-order chi connectivity index (χ0) is 13.4. The molecule has 0 bridgehead atoms. The Balaban J connectivity index is 2.22. The molecule has 2 aromatic carbocycles. The van der Waals surface area contributed by atoms with Crippen LogP contribution in [0.3, 0.4) is 0 Å². The molecule has 19 heavy (non-hydrogen) atoms. The van der Waals surface area contributed by atoms with Crippen molar-refractivity contribution in [1.29, 1.82) is 5.41 Å². The van der Waals surface area contributed by atoms with Crippen molar-refractivity contribution >= 4 is 28.2 Å². The average molecular weight is 271 g/mol. The number of H-pyrrole nitrogens is 1. The number of hydrogen-bond acceptors (Lipinski definition) is 2. The number of hydrogen-bond donors (Lipinski definition) is 3. The minimum absolute atomic E-state index is 0.00822. The molecule has 1 heterocycles. The summed E-state index contributed by atoms with van der Waals surface area (Å²) in [4.78, 5) is 2.86. The van der Waals surface area contributed by atoms with Crippen molar-refractivity contribution in [3.05, 3.63) is 64.7 Å². The normalized spacial score (nSPS) is 10.8. The fraction of sp³-hybridized carbons (Fsp3) is 0. The second-order valence-corrected chi connectivity index (χ2v) is 4.72. The molecule has 4 heteroatoms. The molecule has 0 aliphatic rings. The van der Waals surface area contributed by atoms with E-state index in [1.54, 1.807) is 18.2 Å². The Kier molecular flexibility index (Phi) is 2.76. The van der Waals surface area contributed by atoms with E-state index in [0.29, 0.717) is 10.6 Å². The van der Waals surface area contributed by atoms with Gasteiger partial charge in [0.05, 0.1) is 11.3 Å². The Morgan fingerprint density at radius 2 is 1.84 bits per heavy atom. The van der Waals surface area contributed by atoms with Crippen LogP contribution in [0.4, 0.5) is 0 Å². The Hall–Kier alpha value is -2.26. The van der Waals surface area contributed by atoms with E-state index in [0.717, 1.165) is 16.5 Å². The first-order valence-corrected chi connectivity index (χ1v) is 6.19. The molecular weight excluding hydrogens is 260 g/mol. The second kappa shape index (κ2) is 4.44. The predicted octanol–water partition coefficient (Wildman–Crippen LogP) is 3.94. The first-order valence-electron chi connectivity index (χ1n) is 5.81. The molecule has 0 aliphatic carbocycles. The summed E-state index contributed by atoms with van der Waals surface area (Å²) in [7, 11) is 0. The van der Waals surface area contributed by atoms with Crippen LogP contribution >= 0.6 is 11.6 Å². The summed E-state index contributed by atoms with van der Waals surface area (Å²) < 4.78 is 0. The van der Waals surface area contributed by atoms with Gasteiger partial charge in [0.2, 0.25) is 0 Å². The zero-order valence-electron chi connectivity index (χ0n) is 9.94. The molecule has 3 nitrogen and oxygen atoms in total. The van der Waals surface area contributed by atoms with Gasteiger partial charge in [0.25, 0.3) is 0 Å². The highest BCUT2D eigenvalue weighted by atomic mass is 35.5. The second-order valence-electron chi connectivity index (χ2n) is 4.28. The van der Waals surface area contributed by atoms with Gasteiger partial charge in [-0.05, 0) is 18.2 Å². The van der Waals surface area contributed by atoms with Gasteiger partial charge in [-0.15, -0.1) is 0 Å². The van der Waals surface area contributed by atoms with E-state index in [1.807, 2.05) is 30.3 Å². The maximum atomic E-state index is 10.0. The van der Waals surface area contributed by atoms with Gasteiger partial charge < -0.3 is 10.1 Å². The fourth-order valence-corrected chi connectivity index (χ4v) is 2.32. The van der Waals surface area contributed by atoms with Gasteiger partial charge in [-0.3, -0.25) is 5.41 Å². The van der Waals surface area contributed by atoms with Crippen LogP contribution < -0.4 is 0 Å². The molecule has 0 amide bonds. The lowest BCUT2D eigenvalue weighted by atomic mass is 10.0. The molecule has 94 valence electrons. The number of benzene rings is 2. The maximum Gasteiger partial charge on any atom is 0.199 e. The molecule has 3 rings (SSSR count). The maximum absolute atomic E-state index is 10.0. The highest BCUT2D eigenvalue weighted by Crippen LogP contribution is 2.31. The molecule has 3 aromatic rings. The number of rotatable bonds is 2. The number of fused-ring (bicyclic) bond motifs is 1. The van der Waals surface area contributed by atoms with Crippen LogP contribution in [-0.4, -0.2) is 15.8 Å². The SMILES string of the molecule is N=C(c1ccccc1)c1c(O)[nH]c2ccc(Cl)cc12. The monoisotopic (exact) mass is 270 g/mol. The zero-order valence-corrected chi connectivity index (χ0v) is 10.7. The summed E-state index contributed by atoms with van der Waals surface area (Å²) >= 11 is 5.98. The van der Waals surface area contributed by atoms with Crippen LogP contribution in [0.5, 0.6) is 5.88 Å². The highest BCUT2D eigenvalue weighted by Gasteiger charge is 2.16. The molecule has 0 fully saturated rings. The van der Waals surface area contributed by atoms with Gasteiger partial charge in [0.15, 0.2) is 5.88 Å². The highest BCUT2D eigenvalue weighted by molar-refractivity contribution is 6.32. The van der Waals surface area contributed by atoms with E-state index in [-0.39, 0.29) is 11.6 Å². The van der Waals surface area contributed by atoms with Crippen molar-refractivity contribution in [2.45, 2.75) is 0 Å². The van der Waals surface area contributed by atoms with Crippen molar-refractivity contribution < 1.29 is 5.11 Å². The third kappa shape index (κ3) is 1.98. The van der Waals surface area contributed by atoms with E-state index in [4.69, 9.17) is 17.0 Å². The number of nitrogens with one attached hydrogen (secondary N) is 2. The van der Waals surface area contributed by atoms with Crippen LogP contribution in [-0.2, 0) is 0 Å². The van der Waals surface area contributed by atoms with Crippen LogP contribution in [0.1, 0.15) is 11.1 Å². The average Bonchev–Trinajstić information content (AvgIpc) is 2.74. The van der Waals surface area contributed by atoms with E-state index in [9.17, 15) is 5.11 Å². The van der Waals surface area contributed by atoms with Crippen LogP contribution in [0.2, 0.25) is 5.02 Å². The summed E-state index contributed by atoms with van der Waals surface area (Å²) in [6, 6.07) is 14.6. The Morgan fingerprint density at radius 1 is 1.11 bits per heavy atom. The van der Waals surface area contributed by atoms with Crippen LogP contribution in [0, 0.1) is 5.41 Å². The minimum atomic E-state index is -0.00822. The van der Waals surface area contributed by atoms with Gasteiger partial charge in [-0.2, -0.15) is 0 Å². The van der Waals surface area contributed by atoms with Gasteiger partial charge in [-0.25, -0.2) is 0 Å². The summed E-state index contributed by atoms with van der Waals surface area (Å²) in [5.74, 6) is -0.00822. The standard InChI is InChI=1S/C15H11ClN2O/c16-10-6-7-12-11(8-10)13(15(19)18-12)14(17)9-4-2-1-3-5-9/h1-8,17-19H. The fourth-order valence-electron chi connectivity index (χ4n) is 2.15. The Bertz CT molecular complexity index is 762. The van der Waals surface area contributed by atoms with E-state index < -0.39 is 0 Å². The van der Waals surface area contributed by atoms with E-state index >= 15 is 0 Å². The van der Waals surface area contributed by atoms with Gasteiger partial charge in [0, 0.05) is 21.5 Å². The quantitative estimate of drug-likeness (QED) is 0.607. The molecule has 1 aromatic heterocycles. The van der Waals surface area contributed by atoms with Crippen LogP contribution in [0.15, 0.2) is 48.5 Å². The molecule has 3 N–H and O–H groups in total. The van der Waals surface area contributed by atoms with Crippen molar-refractivity contribution in [3.8, 4) is 5.88 Å². The predicted molar refractivity (Wildman–Crippen MR) is 77.3 cm³/mol. The van der Waals surface area contributed by atoms with E-state index in [1.165, 1.54) is 0 Å². The lowest BCUT2D eigenvalue weighted by Crippen LogP contribution is -2.00. The minimum Gasteiger partial charge on any atom is -0.494 e. The molecule has 0 saturated carbocycles. The van der Waals surface area contributed by atoms with E-state index in [2.05, 4.69) is 4.98 Å². The summed E-state index contributed by atoms with van der Waals surface area (Å²) in [6.07, 6.45) is 0. The Labute approximate surface area is 115 Å². The summed E-state index contributed by atoms with van der Waals surface area (Å²) in [6.45, 7) is 0. The van der Waals surface area contributed by atoms with Gasteiger partial charge >= 0.3 is 0 Å². The lowest BCUT2D eigenvalue weighted by molar-refractivity contribution is 0.457. The molecule has 0 unspecified atom stereocenters. The molecular formula is C15H11ClN2O. The van der Waals surface area contributed by atoms with Crippen LogP contribution in [0.25, 0.3) is 10.9 Å². The number of aromatic amines is 1. The number of aromatic hydroxyl groups is 1. The molecule has 0 atom stereocenters. The number of aromatic nitrogens is 1. The molecule has 0 saturated heterocycles. The van der Waals surface area contributed by atoms with Gasteiger partial charge in [-0.1, -0.05) is 41.9 Å². The topological polar surface area (TPSA) is 59.9 Å². The smallest absolute Gasteiger partial charge is 0.199 e. The first-order chi connectivity index (χ1) is 9.16. The van der Waals surface area contributed by atoms with Crippen molar-refractivity contribution in [3.63, 3.8) is 0 Å². The molecule has 0 spiro atoms. The summed E-state index contributed by atoms with van der Waals surface area (Å²) in [5.41, 5.74) is 2.26. The molecule has 0 aliphatic heterocycles. The van der Waals surface area contributed by atoms with Gasteiger partial charge in [0.1, 0.15) is 0 Å². The third-order valence-electron chi connectivity index (χ3n) is 3.05. The largest absolute Gasteiger partial charge is 0.494 e. The Morgan fingerprint density at radius 3 is 2.58 bits per heavy atom. The van der Waals surface area contributed by atoms with Crippen molar-refractivity contribution in [2.75, 3.05) is 0 Å². The molecule has 0 radical (unpaired) electrons. The number of halogens is 1. The lowest BCUT2D eigenvalue weighted by Gasteiger charge is -2.03.